The highest BCUT2D eigenvalue weighted by molar-refractivity contribution is 7.89. The fraction of sp³-hybridized carbons (Fsp3) is 0.562. The van der Waals surface area contributed by atoms with Crippen LogP contribution in [0, 0.1) is 0 Å². The zero-order valence-electron chi connectivity index (χ0n) is 13.4. The van der Waals surface area contributed by atoms with Gasteiger partial charge in [0, 0.05) is 26.2 Å². The van der Waals surface area contributed by atoms with Gasteiger partial charge in [0.25, 0.3) is 0 Å². The molecule has 24 heavy (non-hydrogen) atoms. The maximum Gasteiger partial charge on any atom is 0.335 e. The zero-order chi connectivity index (χ0) is 17.2. The molecular formula is C16H22N2O5S. The molecule has 2 heterocycles. The highest BCUT2D eigenvalue weighted by Gasteiger charge is 2.26. The Morgan fingerprint density at radius 3 is 2.67 bits per heavy atom. The first-order chi connectivity index (χ1) is 11.5. The first-order valence-electron chi connectivity index (χ1n) is 8.21. The van der Waals surface area contributed by atoms with Gasteiger partial charge >= 0.3 is 5.97 Å². The summed E-state index contributed by atoms with van der Waals surface area (Å²) in [5.41, 5.74) is 0.535. The number of hydrogen-bond donors (Lipinski definition) is 2. The minimum Gasteiger partial charge on any atom is -0.478 e. The van der Waals surface area contributed by atoms with E-state index in [-0.39, 0.29) is 23.1 Å². The average molecular weight is 354 g/mol. The summed E-state index contributed by atoms with van der Waals surface area (Å²) in [5, 5.41) is 9.18. The van der Waals surface area contributed by atoms with Crippen molar-refractivity contribution in [2.75, 3.05) is 31.1 Å². The predicted molar refractivity (Wildman–Crippen MR) is 89.0 cm³/mol. The molecule has 0 saturated carbocycles. The molecule has 2 fully saturated rings. The second kappa shape index (κ2) is 7.08. The Hall–Kier alpha value is -1.64. The smallest absolute Gasteiger partial charge is 0.335 e. The van der Waals surface area contributed by atoms with Gasteiger partial charge < -0.3 is 14.7 Å². The maximum absolute atomic E-state index is 12.8. The van der Waals surface area contributed by atoms with Crippen LogP contribution < -0.4 is 9.62 Å². The molecule has 0 aromatic heterocycles. The van der Waals surface area contributed by atoms with Gasteiger partial charge in [-0.2, -0.15) is 0 Å². The summed E-state index contributed by atoms with van der Waals surface area (Å²) in [6, 6.07) is 4.29. The number of carboxylic acid groups (broad SMARTS) is 1. The number of carboxylic acids is 1. The first kappa shape index (κ1) is 17.2. The summed E-state index contributed by atoms with van der Waals surface area (Å²) >= 11 is 0. The van der Waals surface area contributed by atoms with Gasteiger partial charge in [0.1, 0.15) is 4.90 Å². The Bertz CT molecular complexity index is 707. The summed E-state index contributed by atoms with van der Waals surface area (Å²) < 4.78 is 33.5. The third-order valence-electron chi connectivity index (χ3n) is 4.47. The molecule has 2 saturated heterocycles. The summed E-state index contributed by atoms with van der Waals surface area (Å²) in [5.74, 6) is -1.14. The van der Waals surface area contributed by atoms with Crippen LogP contribution >= 0.6 is 0 Å². The van der Waals surface area contributed by atoms with E-state index in [1.54, 1.807) is 6.07 Å². The fourth-order valence-corrected chi connectivity index (χ4v) is 4.48. The van der Waals surface area contributed by atoms with Crippen molar-refractivity contribution in [2.45, 2.75) is 36.7 Å². The van der Waals surface area contributed by atoms with Crippen LogP contribution in [0.3, 0.4) is 0 Å². The molecule has 8 heteroatoms. The van der Waals surface area contributed by atoms with Crippen molar-refractivity contribution in [2.24, 2.45) is 0 Å². The lowest BCUT2D eigenvalue weighted by molar-refractivity contribution is 0.0696. The Morgan fingerprint density at radius 1 is 1.29 bits per heavy atom. The van der Waals surface area contributed by atoms with Crippen molar-refractivity contribution >= 4 is 21.7 Å². The third-order valence-corrected chi connectivity index (χ3v) is 5.92. The summed E-state index contributed by atoms with van der Waals surface area (Å²) in [6.07, 6.45) is 3.65. The lowest BCUT2D eigenvalue weighted by atomic mass is 10.2. The standard InChI is InChI=1S/C16H22N2O5S/c19-16(20)12-5-6-14(18-7-1-2-8-18)15(10-12)24(21,22)17-11-13-4-3-9-23-13/h5-6,10,13,17H,1-4,7-9,11H2,(H,19,20)/t13-/m1/s1. The topological polar surface area (TPSA) is 95.9 Å². The molecule has 0 radical (unpaired) electrons. The van der Waals surface area contributed by atoms with Crippen LogP contribution in [0.2, 0.25) is 0 Å². The van der Waals surface area contributed by atoms with E-state index in [4.69, 9.17) is 4.74 Å². The summed E-state index contributed by atoms with van der Waals surface area (Å²) in [6.45, 7) is 2.42. The SMILES string of the molecule is O=C(O)c1ccc(N2CCCC2)c(S(=O)(=O)NC[C@H]2CCCO2)c1. The molecular weight excluding hydrogens is 332 g/mol. The Kier molecular flexibility index (Phi) is 5.07. The molecule has 2 aliphatic rings. The number of hydrogen-bond acceptors (Lipinski definition) is 5. The molecule has 3 rings (SSSR count). The van der Waals surface area contributed by atoms with Gasteiger partial charge in [0.2, 0.25) is 10.0 Å². The van der Waals surface area contributed by atoms with E-state index >= 15 is 0 Å². The summed E-state index contributed by atoms with van der Waals surface area (Å²) in [4.78, 5) is 13.3. The van der Waals surface area contributed by atoms with Crippen LogP contribution in [0.1, 0.15) is 36.0 Å². The average Bonchev–Trinajstić information content (AvgIpc) is 3.26. The molecule has 1 aromatic carbocycles. The molecule has 0 bridgehead atoms. The van der Waals surface area contributed by atoms with Crippen molar-refractivity contribution in [1.29, 1.82) is 0 Å². The van der Waals surface area contributed by atoms with Gasteiger partial charge in [-0.25, -0.2) is 17.9 Å². The fourth-order valence-electron chi connectivity index (χ4n) is 3.17. The van der Waals surface area contributed by atoms with E-state index in [9.17, 15) is 18.3 Å². The van der Waals surface area contributed by atoms with Crippen molar-refractivity contribution in [3.63, 3.8) is 0 Å². The van der Waals surface area contributed by atoms with Gasteiger partial charge in [-0.3, -0.25) is 0 Å². The number of aromatic carboxylic acids is 1. The second-order valence-corrected chi connectivity index (χ2v) is 7.90. The molecule has 7 nitrogen and oxygen atoms in total. The molecule has 132 valence electrons. The lowest BCUT2D eigenvalue weighted by Crippen LogP contribution is -2.33. The van der Waals surface area contributed by atoms with Gasteiger partial charge in [-0.1, -0.05) is 0 Å². The normalized spacial score (nSPS) is 21.3. The van der Waals surface area contributed by atoms with Crippen LogP contribution in [0.25, 0.3) is 0 Å². The first-order valence-corrected chi connectivity index (χ1v) is 9.69. The van der Waals surface area contributed by atoms with Crippen molar-refractivity contribution in [3.05, 3.63) is 23.8 Å². The number of benzene rings is 1. The molecule has 1 aromatic rings. The van der Waals surface area contributed by atoms with E-state index in [2.05, 4.69) is 4.72 Å². The highest BCUT2D eigenvalue weighted by Crippen LogP contribution is 2.29. The molecule has 1 atom stereocenters. The summed E-state index contributed by atoms with van der Waals surface area (Å²) in [7, 11) is -3.81. The van der Waals surface area contributed by atoms with E-state index in [1.165, 1.54) is 12.1 Å². The van der Waals surface area contributed by atoms with E-state index in [0.717, 1.165) is 38.8 Å². The Morgan fingerprint density at radius 2 is 2.04 bits per heavy atom. The third kappa shape index (κ3) is 3.71. The molecule has 0 spiro atoms. The van der Waals surface area contributed by atoms with Crippen LogP contribution in [0.4, 0.5) is 5.69 Å². The van der Waals surface area contributed by atoms with Crippen LogP contribution in [-0.4, -0.2) is 51.8 Å². The number of sulfonamides is 1. The molecule has 0 unspecified atom stereocenters. The quantitative estimate of drug-likeness (QED) is 0.803. The number of anilines is 1. The number of nitrogens with one attached hydrogen (secondary N) is 1. The molecule has 2 N–H and O–H groups in total. The zero-order valence-corrected chi connectivity index (χ0v) is 14.2. The van der Waals surface area contributed by atoms with Crippen LogP contribution in [0.15, 0.2) is 23.1 Å². The van der Waals surface area contributed by atoms with Crippen LogP contribution in [-0.2, 0) is 14.8 Å². The van der Waals surface area contributed by atoms with Crippen molar-refractivity contribution in [3.8, 4) is 0 Å². The van der Waals surface area contributed by atoms with Gasteiger partial charge in [0.05, 0.1) is 17.4 Å². The van der Waals surface area contributed by atoms with Gasteiger partial charge in [-0.15, -0.1) is 0 Å². The minimum atomic E-state index is -3.81. The Labute approximate surface area is 141 Å². The highest BCUT2D eigenvalue weighted by atomic mass is 32.2. The van der Waals surface area contributed by atoms with E-state index in [0.29, 0.717) is 12.3 Å². The lowest BCUT2D eigenvalue weighted by Gasteiger charge is -2.22. The number of ether oxygens (including phenoxy) is 1. The van der Waals surface area contributed by atoms with Crippen LogP contribution in [0.5, 0.6) is 0 Å². The van der Waals surface area contributed by atoms with E-state index in [1.807, 2.05) is 4.90 Å². The number of carbonyl (C=O) groups is 1. The maximum atomic E-state index is 12.8. The number of nitrogens with zero attached hydrogens (tertiary/aromatic N) is 1. The molecule has 2 aliphatic heterocycles. The van der Waals surface area contributed by atoms with Gasteiger partial charge in [-0.05, 0) is 43.9 Å². The molecule has 0 aliphatic carbocycles. The second-order valence-electron chi connectivity index (χ2n) is 6.17. The minimum absolute atomic E-state index is 0.0299. The molecule has 0 amide bonds. The van der Waals surface area contributed by atoms with Gasteiger partial charge in [0.15, 0.2) is 0 Å². The largest absolute Gasteiger partial charge is 0.478 e. The Balaban J connectivity index is 1.89. The predicted octanol–water partition coefficient (Wildman–Crippen LogP) is 1.44. The van der Waals surface area contributed by atoms with E-state index < -0.39 is 16.0 Å². The van der Waals surface area contributed by atoms with Crippen molar-refractivity contribution < 1.29 is 23.1 Å². The monoisotopic (exact) mass is 354 g/mol. The van der Waals surface area contributed by atoms with Crippen molar-refractivity contribution in [1.82, 2.24) is 4.72 Å². The number of rotatable bonds is 6.